The first-order valence-corrected chi connectivity index (χ1v) is 2.47. The van der Waals surface area contributed by atoms with Crippen molar-refractivity contribution in [3.8, 4) is 0 Å². The fourth-order valence-corrected chi connectivity index (χ4v) is 0.540. The maximum atomic E-state index is 12.2. The minimum absolute atomic E-state index is 0.480. The molecule has 0 aromatic heterocycles. The number of rotatable bonds is 0. The van der Waals surface area contributed by atoms with Gasteiger partial charge in [0.15, 0.2) is 11.6 Å². The summed E-state index contributed by atoms with van der Waals surface area (Å²) in [5, 5.41) is 0. The SMILES string of the molecule is [NH3+]c1ccc(F)c(F)c1. The van der Waals surface area contributed by atoms with E-state index in [0.717, 1.165) is 12.1 Å². The van der Waals surface area contributed by atoms with Crippen LogP contribution >= 0.6 is 0 Å². The molecule has 0 unspecified atom stereocenters. The van der Waals surface area contributed by atoms with E-state index >= 15 is 0 Å². The van der Waals surface area contributed by atoms with Gasteiger partial charge in [0.2, 0.25) is 0 Å². The Balaban J connectivity index is 3.17. The van der Waals surface area contributed by atoms with Gasteiger partial charge >= 0.3 is 0 Å². The van der Waals surface area contributed by atoms with Gasteiger partial charge < -0.3 is 5.73 Å². The number of benzene rings is 1. The molecule has 3 N–H and O–H groups in total. The molecule has 0 radical (unpaired) electrons. The second kappa shape index (κ2) is 2.11. The van der Waals surface area contributed by atoms with E-state index in [1.54, 1.807) is 0 Å². The molecule has 0 atom stereocenters. The molecule has 1 aromatic rings. The van der Waals surface area contributed by atoms with Crippen LogP contribution in [0.15, 0.2) is 18.2 Å². The van der Waals surface area contributed by atoms with Crippen LogP contribution in [0.2, 0.25) is 0 Å². The Morgan fingerprint density at radius 1 is 1.11 bits per heavy atom. The zero-order valence-corrected chi connectivity index (χ0v) is 4.70. The summed E-state index contributed by atoms with van der Waals surface area (Å²) in [4.78, 5) is 0. The van der Waals surface area contributed by atoms with Crippen molar-refractivity contribution < 1.29 is 14.5 Å². The van der Waals surface area contributed by atoms with E-state index in [2.05, 4.69) is 5.73 Å². The van der Waals surface area contributed by atoms with Gasteiger partial charge in [-0.3, -0.25) is 0 Å². The molecule has 0 aliphatic heterocycles. The molecule has 1 nitrogen and oxygen atoms in total. The molecule has 0 fully saturated rings. The molecule has 0 aliphatic carbocycles. The maximum absolute atomic E-state index is 12.2. The largest absolute Gasteiger partial charge is 0.325 e. The zero-order chi connectivity index (χ0) is 6.85. The Hall–Kier alpha value is -0.960. The van der Waals surface area contributed by atoms with Gasteiger partial charge in [0.1, 0.15) is 5.69 Å². The van der Waals surface area contributed by atoms with Crippen molar-refractivity contribution in [2.75, 3.05) is 0 Å². The summed E-state index contributed by atoms with van der Waals surface area (Å²) in [6.45, 7) is 0. The second-order valence-corrected chi connectivity index (χ2v) is 1.75. The summed E-state index contributed by atoms with van der Waals surface area (Å²) in [6, 6.07) is 3.52. The van der Waals surface area contributed by atoms with E-state index in [4.69, 9.17) is 0 Å². The monoisotopic (exact) mass is 130 g/mol. The molecule has 0 amide bonds. The highest BCUT2D eigenvalue weighted by molar-refractivity contribution is 5.28. The van der Waals surface area contributed by atoms with Gasteiger partial charge in [0, 0.05) is 12.1 Å². The van der Waals surface area contributed by atoms with Crippen molar-refractivity contribution in [2.24, 2.45) is 0 Å². The molecule has 1 aromatic carbocycles. The molecule has 3 heteroatoms. The third-order valence-corrected chi connectivity index (χ3v) is 0.984. The first-order chi connectivity index (χ1) is 4.20. The average Bonchev–Trinajstić information content (AvgIpc) is 1.80. The van der Waals surface area contributed by atoms with E-state index in [1.807, 2.05) is 0 Å². The quantitative estimate of drug-likeness (QED) is 0.539. The van der Waals surface area contributed by atoms with Gasteiger partial charge in [-0.2, -0.15) is 0 Å². The average molecular weight is 130 g/mol. The standard InChI is InChI=1S/C6H5F2N/c7-5-2-1-4(9)3-6(5)8/h1-3H,9H2/p+1. The lowest BCUT2D eigenvalue weighted by atomic mass is 10.3. The van der Waals surface area contributed by atoms with Crippen LogP contribution in [0.3, 0.4) is 0 Å². The van der Waals surface area contributed by atoms with Crippen LogP contribution in [0, 0.1) is 11.6 Å². The summed E-state index contributed by atoms with van der Waals surface area (Å²) in [5.41, 5.74) is 3.90. The highest BCUT2D eigenvalue weighted by Crippen LogP contribution is 2.07. The van der Waals surface area contributed by atoms with Crippen LogP contribution in [-0.2, 0) is 0 Å². The van der Waals surface area contributed by atoms with Crippen molar-refractivity contribution in [1.82, 2.24) is 0 Å². The van der Waals surface area contributed by atoms with Crippen LogP contribution in [0.5, 0.6) is 0 Å². The highest BCUT2D eigenvalue weighted by atomic mass is 19.2. The molecule has 0 bridgehead atoms. The van der Waals surface area contributed by atoms with Gasteiger partial charge in [-0.1, -0.05) is 0 Å². The number of quaternary nitrogens is 1. The van der Waals surface area contributed by atoms with Crippen LogP contribution < -0.4 is 5.73 Å². The van der Waals surface area contributed by atoms with Crippen molar-refractivity contribution in [3.05, 3.63) is 29.8 Å². The molecule has 0 spiro atoms. The van der Waals surface area contributed by atoms with Crippen molar-refractivity contribution in [1.29, 1.82) is 0 Å². The third-order valence-electron chi connectivity index (χ3n) is 0.984. The van der Waals surface area contributed by atoms with E-state index in [0.29, 0.717) is 5.69 Å². The van der Waals surface area contributed by atoms with Crippen molar-refractivity contribution in [3.63, 3.8) is 0 Å². The first kappa shape index (κ1) is 6.16. The molecule has 9 heavy (non-hydrogen) atoms. The van der Waals surface area contributed by atoms with Crippen molar-refractivity contribution >= 4 is 5.69 Å². The van der Waals surface area contributed by atoms with Crippen LogP contribution in [0.25, 0.3) is 0 Å². The van der Waals surface area contributed by atoms with E-state index in [-0.39, 0.29) is 0 Å². The van der Waals surface area contributed by atoms with Crippen LogP contribution in [-0.4, -0.2) is 0 Å². The summed E-state index contributed by atoms with van der Waals surface area (Å²) < 4.78 is 24.3. The summed E-state index contributed by atoms with van der Waals surface area (Å²) >= 11 is 0. The lowest BCUT2D eigenvalue weighted by Gasteiger charge is -1.88. The van der Waals surface area contributed by atoms with E-state index in [1.165, 1.54) is 6.07 Å². The summed E-state index contributed by atoms with van der Waals surface area (Å²) in [6.07, 6.45) is 0. The number of hydrogen-bond donors (Lipinski definition) is 1. The molecule has 0 saturated carbocycles. The third kappa shape index (κ3) is 1.23. The molecule has 0 saturated heterocycles. The van der Waals surface area contributed by atoms with E-state index < -0.39 is 11.6 Å². The minimum Gasteiger partial charge on any atom is -0.325 e. The molecule has 48 valence electrons. The second-order valence-electron chi connectivity index (χ2n) is 1.75. The van der Waals surface area contributed by atoms with Crippen LogP contribution in [0.4, 0.5) is 14.5 Å². The number of hydrogen-bond acceptors (Lipinski definition) is 0. The lowest BCUT2D eigenvalue weighted by Crippen LogP contribution is -2.40. The van der Waals surface area contributed by atoms with Crippen LogP contribution in [0.1, 0.15) is 0 Å². The van der Waals surface area contributed by atoms with Gasteiger partial charge in [-0.15, -0.1) is 0 Å². The van der Waals surface area contributed by atoms with E-state index in [9.17, 15) is 8.78 Å². The summed E-state index contributed by atoms with van der Waals surface area (Å²) in [7, 11) is 0. The molecular formula is C6H6F2N+. The molecular weight excluding hydrogens is 124 g/mol. The minimum atomic E-state index is -0.845. The zero-order valence-electron chi connectivity index (χ0n) is 4.70. The maximum Gasteiger partial charge on any atom is 0.164 e. The van der Waals surface area contributed by atoms with Crippen molar-refractivity contribution in [2.45, 2.75) is 0 Å². The Kier molecular flexibility index (Phi) is 1.44. The Morgan fingerprint density at radius 2 is 1.78 bits per heavy atom. The fraction of sp³-hybridized carbons (Fsp3) is 0. The number of halogens is 2. The van der Waals surface area contributed by atoms with Gasteiger partial charge in [0.05, 0.1) is 0 Å². The molecule has 1 rings (SSSR count). The van der Waals surface area contributed by atoms with Gasteiger partial charge in [-0.05, 0) is 6.07 Å². The fourth-order valence-electron chi connectivity index (χ4n) is 0.540. The smallest absolute Gasteiger partial charge is 0.164 e. The lowest BCUT2D eigenvalue weighted by molar-refractivity contribution is -0.255. The predicted octanol–water partition coefficient (Wildman–Crippen LogP) is 0.838. The topological polar surface area (TPSA) is 27.6 Å². The van der Waals surface area contributed by atoms with Gasteiger partial charge in [-0.25, -0.2) is 8.78 Å². The highest BCUT2D eigenvalue weighted by Gasteiger charge is 2.00. The summed E-state index contributed by atoms with van der Waals surface area (Å²) in [5.74, 6) is -1.68. The first-order valence-electron chi connectivity index (χ1n) is 2.47. The van der Waals surface area contributed by atoms with Gasteiger partial charge in [0.25, 0.3) is 0 Å². The Morgan fingerprint density at radius 3 is 2.22 bits per heavy atom. The molecule has 0 aliphatic rings. The Labute approximate surface area is 51.1 Å². The predicted molar refractivity (Wildman–Crippen MR) is 28.9 cm³/mol. The normalized spacial score (nSPS) is 9.67. The molecule has 0 heterocycles. The Bertz CT molecular complexity index is 222.